The topological polar surface area (TPSA) is 64.7 Å². The minimum atomic E-state index is -0.231. The number of urea groups is 1. The van der Waals surface area contributed by atoms with Crippen LogP contribution in [0.5, 0.6) is 0 Å². The Morgan fingerprint density at radius 1 is 1.21 bits per heavy atom. The van der Waals surface area contributed by atoms with E-state index >= 15 is 0 Å². The number of amides is 3. The molecule has 1 aromatic carbocycles. The van der Waals surface area contributed by atoms with Gasteiger partial charge in [-0.05, 0) is 44.0 Å². The van der Waals surface area contributed by atoms with E-state index in [9.17, 15) is 9.59 Å². The van der Waals surface area contributed by atoms with E-state index in [-0.39, 0.29) is 18.0 Å². The predicted octanol–water partition coefficient (Wildman–Crippen LogP) is 3.04. The Morgan fingerprint density at radius 2 is 1.88 bits per heavy atom. The van der Waals surface area contributed by atoms with Gasteiger partial charge in [-0.1, -0.05) is 6.92 Å². The zero-order chi connectivity index (χ0) is 18.3. The molecule has 2 N–H and O–H groups in total. The Labute approximate surface area is 145 Å². The van der Waals surface area contributed by atoms with Crippen LogP contribution in [0.4, 0.5) is 16.2 Å². The number of carbonyl (C=O) groups is 2. The third-order valence-corrected chi connectivity index (χ3v) is 3.54. The molecule has 0 aromatic heterocycles. The highest BCUT2D eigenvalue weighted by Gasteiger charge is 2.14. The first-order valence-electron chi connectivity index (χ1n) is 8.37. The Morgan fingerprint density at radius 3 is 2.38 bits per heavy atom. The van der Waals surface area contributed by atoms with Crippen LogP contribution in [-0.4, -0.2) is 43.5 Å². The molecule has 134 valence electrons. The maximum absolute atomic E-state index is 11.9. The van der Waals surface area contributed by atoms with Gasteiger partial charge in [0.05, 0.1) is 0 Å². The Balaban J connectivity index is 3.03. The van der Waals surface area contributed by atoms with Crippen LogP contribution in [0.15, 0.2) is 18.2 Å². The first-order chi connectivity index (χ1) is 11.2. The molecule has 0 radical (unpaired) electrons. The lowest BCUT2D eigenvalue weighted by molar-refractivity contribution is -0.129. The molecule has 6 nitrogen and oxygen atoms in total. The van der Waals surface area contributed by atoms with Gasteiger partial charge >= 0.3 is 6.03 Å². The molecule has 0 unspecified atom stereocenters. The van der Waals surface area contributed by atoms with Crippen LogP contribution in [0.3, 0.4) is 0 Å². The summed E-state index contributed by atoms with van der Waals surface area (Å²) in [5, 5.41) is 5.64. The van der Waals surface area contributed by atoms with Crippen LogP contribution in [0.25, 0.3) is 0 Å². The number of nitrogens with one attached hydrogen (secondary N) is 2. The monoisotopic (exact) mass is 334 g/mol. The summed E-state index contributed by atoms with van der Waals surface area (Å²) in [6.45, 7) is 8.71. The van der Waals surface area contributed by atoms with Gasteiger partial charge in [0, 0.05) is 51.5 Å². The van der Waals surface area contributed by atoms with Gasteiger partial charge in [-0.2, -0.15) is 0 Å². The van der Waals surface area contributed by atoms with E-state index in [1.54, 1.807) is 6.92 Å². The van der Waals surface area contributed by atoms with Crippen molar-refractivity contribution in [1.29, 1.82) is 0 Å². The average molecular weight is 334 g/mol. The first kappa shape index (κ1) is 19.8. The minimum absolute atomic E-state index is 0.0532. The molecule has 0 fully saturated rings. The van der Waals surface area contributed by atoms with Gasteiger partial charge in [-0.3, -0.25) is 4.79 Å². The summed E-state index contributed by atoms with van der Waals surface area (Å²) in [4.78, 5) is 27.6. The van der Waals surface area contributed by atoms with E-state index in [1.807, 2.05) is 55.9 Å². The molecule has 1 rings (SSSR count). The second-order valence-electron chi connectivity index (χ2n) is 6.43. The number of hydrogen-bond donors (Lipinski definition) is 2. The lowest BCUT2D eigenvalue weighted by Gasteiger charge is -2.25. The number of rotatable bonds is 7. The standard InChI is InChI=1S/C18H30N4O2/c1-7-10-22(14(4)23)12-15-11-16(8-9-17(15)21(5)6)20-18(24)19-13(2)3/h8-9,11,13H,7,10,12H2,1-6H3,(H2,19,20,24). The van der Waals surface area contributed by atoms with E-state index in [1.165, 1.54) is 0 Å². The van der Waals surface area contributed by atoms with Gasteiger partial charge in [-0.15, -0.1) is 0 Å². The molecule has 0 saturated carbocycles. The molecule has 1 aromatic rings. The van der Waals surface area contributed by atoms with Crippen molar-refractivity contribution < 1.29 is 9.59 Å². The SMILES string of the molecule is CCCN(Cc1cc(NC(=O)NC(C)C)ccc1N(C)C)C(C)=O. The average Bonchev–Trinajstić information content (AvgIpc) is 2.45. The number of anilines is 2. The van der Waals surface area contributed by atoms with Crippen molar-refractivity contribution in [3.05, 3.63) is 23.8 Å². The van der Waals surface area contributed by atoms with Crippen molar-refractivity contribution in [3.63, 3.8) is 0 Å². The van der Waals surface area contributed by atoms with Crippen LogP contribution in [0.1, 0.15) is 39.7 Å². The second kappa shape index (κ2) is 9.15. The van der Waals surface area contributed by atoms with Crippen LogP contribution in [0.2, 0.25) is 0 Å². The number of carbonyl (C=O) groups excluding carboxylic acids is 2. The molecular weight excluding hydrogens is 304 g/mol. The van der Waals surface area contributed by atoms with E-state index in [0.29, 0.717) is 18.8 Å². The highest BCUT2D eigenvalue weighted by Crippen LogP contribution is 2.24. The van der Waals surface area contributed by atoms with E-state index < -0.39 is 0 Å². The smallest absolute Gasteiger partial charge is 0.319 e. The molecule has 0 heterocycles. The van der Waals surface area contributed by atoms with Gasteiger partial charge in [-0.25, -0.2) is 4.79 Å². The summed E-state index contributed by atoms with van der Waals surface area (Å²) in [5.41, 5.74) is 2.76. The van der Waals surface area contributed by atoms with Crippen molar-refractivity contribution in [2.75, 3.05) is 30.9 Å². The quantitative estimate of drug-likeness (QED) is 0.805. The third-order valence-electron chi connectivity index (χ3n) is 3.54. The van der Waals surface area contributed by atoms with Gasteiger partial charge in [0.15, 0.2) is 0 Å². The van der Waals surface area contributed by atoms with E-state index in [0.717, 1.165) is 17.7 Å². The Kier molecular flexibility index (Phi) is 7.55. The zero-order valence-corrected chi connectivity index (χ0v) is 15.6. The van der Waals surface area contributed by atoms with Crippen LogP contribution in [-0.2, 0) is 11.3 Å². The molecule has 6 heteroatoms. The fraction of sp³-hybridized carbons (Fsp3) is 0.556. The van der Waals surface area contributed by atoms with E-state index in [2.05, 4.69) is 17.6 Å². The molecule has 0 aliphatic carbocycles. The number of benzene rings is 1. The normalized spacial score (nSPS) is 10.5. The molecule has 0 atom stereocenters. The fourth-order valence-electron chi connectivity index (χ4n) is 2.48. The molecule has 0 aliphatic heterocycles. The summed E-state index contributed by atoms with van der Waals surface area (Å²) >= 11 is 0. The van der Waals surface area contributed by atoms with Gasteiger partial charge in [0.1, 0.15) is 0 Å². The summed E-state index contributed by atoms with van der Waals surface area (Å²) in [6.07, 6.45) is 0.908. The summed E-state index contributed by atoms with van der Waals surface area (Å²) < 4.78 is 0. The fourth-order valence-corrected chi connectivity index (χ4v) is 2.48. The van der Waals surface area contributed by atoms with Gasteiger partial charge in [0.2, 0.25) is 5.91 Å². The molecule has 0 aliphatic rings. The number of hydrogen-bond acceptors (Lipinski definition) is 3. The maximum atomic E-state index is 11.9. The Hall–Kier alpha value is -2.24. The largest absolute Gasteiger partial charge is 0.377 e. The minimum Gasteiger partial charge on any atom is -0.377 e. The van der Waals surface area contributed by atoms with Crippen LogP contribution in [0, 0.1) is 0 Å². The van der Waals surface area contributed by atoms with Crippen molar-refractivity contribution in [1.82, 2.24) is 10.2 Å². The lowest BCUT2D eigenvalue weighted by Crippen LogP contribution is -2.34. The van der Waals surface area contributed by atoms with Gasteiger partial charge < -0.3 is 20.4 Å². The van der Waals surface area contributed by atoms with Crippen molar-refractivity contribution in [3.8, 4) is 0 Å². The van der Waals surface area contributed by atoms with Crippen LogP contribution < -0.4 is 15.5 Å². The molecular formula is C18H30N4O2. The Bertz CT molecular complexity index is 570. The molecule has 0 spiro atoms. The number of nitrogens with zero attached hydrogens (tertiary/aromatic N) is 2. The third kappa shape index (κ3) is 6.10. The highest BCUT2D eigenvalue weighted by molar-refractivity contribution is 5.90. The molecule has 0 bridgehead atoms. The highest BCUT2D eigenvalue weighted by atomic mass is 16.2. The molecule has 0 saturated heterocycles. The first-order valence-corrected chi connectivity index (χ1v) is 8.37. The van der Waals surface area contributed by atoms with Crippen molar-refractivity contribution >= 4 is 23.3 Å². The predicted molar refractivity (Wildman–Crippen MR) is 99.4 cm³/mol. The summed E-state index contributed by atoms with van der Waals surface area (Å²) in [7, 11) is 3.94. The lowest BCUT2D eigenvalue weighted by atomic mass is 10.1. The maximum Gasteiger partial charge on any atom is 0.319 e. The van der Waals surface area contributed by atoms with Crippen molar-refractivity contribution in [2.45, 2.75) is 46.7 Å². The van der Waals surface area contributed by atoms with Crippen LogP contribution >= 0.6 is 0 Å². The van der Waals surface area contributed by atoms with Crippen molar-refractivity contribution in [2.24, 2.45) is 0 Å². The van der Waals surface area contributed by atoms with E-state index in [4.69, 9.17) is 0 Å². The second-order valence-corrected chi connectivity index (χ2v) is 6.43. The summed E-state index contributed by atoms with van der Waals surface area (Å²) in [5.74, 6) is 0.0532. The zero-order valence-electron chi connectivity index (χ0n) is 15.6. The van der Waals surface area contributed by atoms with Gasteiger partial charge in [0.25, 0.3) is 0 Å². The molecule has 3 amide bonds. The molecule has 24 heavy (non-hydrogen) atoms. The summed E-state index contributed by atoms with van der Waals surface area (Å²) in [6, 6.07) is 5.61.